The standard InChI is InChI=1S/C14H18N2O3S2/c1-14(2,18)8-21-6-5-15-12(17)9-3-4-10-11(7-9)19-13(20)16-10/h3-4,7,18H,5-6,8H2,1-2H3,(H,15,17)(H,16,20). The highest BCUT2D eigenvalue weighted by atomic mass is 32.2. The number of rotatable bonds is 6. The maximum Gasteiger partial charge on any atom is 0.266 e. The van der Waals surface area contributed by atoms with Crippen LogP contribution in [0.1, 0.15) is 24.2 Å². The first-order valence-electron chi connectivity index (χ1n) is 6.56. The molecule has 3 N–H and O–H groups in total. The third kappa shape index (κ3) is 4.87. The molecule has 1 amide bonds. The highest BCUT2D eigenvalue weighted by Crippen LogP contribution is 2.15. The second-order valence-corrected chi connectivity index (χ2v) is 6.82. The maximum atomic E-state index is 12.0. The number of hydrogen-bond donors (Lipinski definition) is 3. The number of fused-ring (bicyclic) bond motifs is 1. The van der Waals surface area contributed by atoms with E-state index in [1.807, 2.05) is 0 Å². The summed E-state index contributed by atoms with van der Waals surface area (Å²) < 4.78 is 5.29. The lowest BCUT2D eigenvalue weighted by Gasteiger charge is -2.16. The third-order valence-electron chi connectivity index (χ3n) is 2.67. The zero-order valence-electron chi connectivity index (χ0n) is 11.9. The molecule has 21 heavy (non-hydrogen) atoms. The van der Waals surface area contributed by atoms with Gasteiger partial charge in [0.15, 0.2) is 5.58 Å². The largest absolute Gasteiger partial charge is 0.429 e. The smallest absolute Gasteiger partial charge is 0.266 e. The van der Waals surface area contributed by atoms with E-state index in [2.05, 4.69) is 10.3 Å². The molecule has 0 saturated carbocycles. The van der Waals surface area contributed by atoms with Crippen LogP contribution >= 0.6 is 24.0 Å². The number of oxazole rings is 1. The second-order valence-electron chi connectivity index (χ2n) is 5.35. The van der Waals surface area contributed by atoms with Crippen molar-refractivity contribution in [2.24, 2.45) is 0 Å². The predicted molar refractivity (Wildman–Crippen MR) is 87.4 cm³/mol. The number of aromatic amines is 1. The molecule has 7 heteroatoms. The fourth-order valence-electron chi connectivity index (χ4n) is 1.75. The Bertz CT molecular complexity index is 685. The van der Waals surface area contributed by atoms with Gasteiger partial charge in [-0.3, -0.25) is 4.79 Å². The summed E-state index contributed by atoms with van der Waals surface area (Å²) in [7, 11) is 0. The quantitative estimate of drug-likeness (QED) is 0.562. The Morgan fingerprint density at radius 1 is 1.52 bits per heavy atom. The first-order valence-corrected chi connectivity index (χ1v) is 8.13. The predicted octanol–water partition coefficient (Wildman–Crippen LogP) is 2.72. The molecule has 1 aromatic carbocycles. The molecule has 0 fully saturated rings. The summed E-state index contributed by atoms with van der Waals surface area (Å²) in [6, 6.07) is 5.16. The number of carbonyl (C=O) groups excluding carboxylic acids is 1. The topological polar surface area (TPSA) is 78.3 Å². The minimum atomic E-state index is -0.683. The Kier molecular flexibility index (Phi) is 5.08. The van der Waals surface area contributed by atoms with E-state index in [-0.39, 0.29) is 5.91 Å². The molecule has 2 aromatic rings. The molecule has 5 nitrogen and oxygen atoms in total. The Morgan fingerprint density at radius 3 is 3.00 bits per heavy atom. The van der Waals surface area contributed by atoms with E-state index in [4.69, 9.17) is 16.6 Å². The number of hydrogen-bond acceptors (Lipinski definition) is 5. The number of amides is 1. The Morgan fingerprint density at radius 2 is 2.29 bits per heavy atom. The van der Waals surface area contributed by atoms with Gasteiger partial charge in [0.05, 0.1) is 11.1 Å². The van der Waals surface area contributed by atoms with E-state index in [1.54, 1.807) is 43.8 Å². The number of aromatic nitrogens is 1. The number of thioether (sulfide) groups is 1. The van der Waals surface area contributed by atoms with Crippen molar-refractivity contribution < 1.29 is 14.3 Å². The van der Waals surface area contributed by atoms with E-state index >= 15 is 0 Å². The molecule has 0 saturated heterocycles. The lowest BCUT2D eigenvalue weighted by Crippen LogP contribution is -2.27. The van der Waals surface area contributed by atoms with Crippen molar-refractivity contribution in [3.8, 4) is 0 Å². The van der Waals surface area contributed by atoms with Crippen LogP contribution in [0.3, 0.4) is 0 Å². The minimum Gasteiger partial charge on any atom is -0.429 e. The van der Waals surface area contributed by atoms with Crippen molar-refractivity contribution in [3.63, 3.8) is 0 Å². The molecule has 0 atom stereocenters. The molecular weight excluding hydrogens is 308 g/mol. The van der Waals surface area contributed by atoms with Gasteiger partial charge in [-0.25, -0.2) is 0 Å². The summed E-state index contributed by atoms with van der Waals surface area (Å²) in [4.78, 5) is 15.2. The van der Waals surface area contributed by atoms with Crippen molar-refractivity contribution in [1.82, 2.24) is 10.3 Å². The summed E-state index contributed by atoms with van der Waals surface area (Å²) in [5.74, 6) is 1.24. The molecule has 0 aliphatic carbocycles. The minimum absolute atomic E-state index is 0.150. The average Bonchev–Trinajstić information content (AvgIpc) is 2.75. The Balaban J connectivity index is 1.86. The molecule has 114 valence electrons. The zero-order chi connectivity index (χ0) is 15.5. The Hall–Kier alpha value is -1.31. The molecule has 0 aliphatic heterocycles. The monoisotopic (exact) mass is 326 g/mol. The molecule has 0 bridgehead atoms. The van der Waals surface area contributed by atoms with Gasteiger partial charge in [-0.1, -0.05) is 0 Å². The van der Waals surface area contributed by atoms with E-state index in [0.29, 0.717) is 28.3 Å². The molecule has 0 spiro atoms. The van der Waals surface area contributed by atoms with E-state index in [9.17, 15) is 9.90 Å². The fraction of sp³-hybridized carbons (Fsp3) is 0.429. The lowest BCUT2D eigenvalue weighted by atomic mass is 10.2. The molecule has 1 aromatic heterocycles. The van der Waals surface area contributed by atoms with Crippen LogP contribution < -0.4 is 5.32 Å². The molecule has 2 rings (SSSR count). The summed E-state index contributed by atoms with van der Waals surface area (Å²) in [6.45, 7) is 4.08. The van der Waals surface area contributed by atoms with E-state index in [0.717, 1.165) is 11.3 Å². The van der Waals surface area contributed by atoms with Crippen molar-refractivity contribution in [2.75, 3.05) is 18.1 Å². The van der Waals surface area contributed by atoms with Crippen LogP contribution in [0.4, 0.5) is 0 Å². The van der Waals surface area contributed by atoms with Gasteiger partial charge >= 0.3 is 0 Å². The lowest BCUT2D eigenvalue weighted by molar-refractivity contribution is 0.0956. The summed E-state index contributed by atoms with van der Waals surface area (Å²) >= 11 is 6.51. The Labute approximate surface area is 132 Å². The maximum absolute atomic E-state index is 12.0. The van der Waals surface area contributed by atoms with Crippen molar-refractivity contribution in [3.05, 3.63) is 28.6 Å². The second kappa shape index (κ2) is 6.64. The SMILES string of the molecule is CC(C)(O)CSCCNC(=O)c1ccc2[nH]c(=S)oc2c1. The summed E-state index contributed by atoms with van der Waals surface area (Å²) in [5, 5.41) is 12.4. The van der Waals surface area contributed by atoms with Crippen LogP contribution in [-0.2, 0) is 0 Å². The van der Waals surface area contributed by atoms with Gasteiger partial charge in [0.25, 0.3) is 10.7 Å². The normalized spacial score (nSPS) is 11.8. The number of nitrogens with one attached hydrogen (secondary N) is 2. The van der Waals surface area contributed by atoms with Crippen LogP contribution in [0, 0.1) is 4.84 Å². The van der Waals surface area contributed by atoms with Crippen molar-refractivity contribution in [1.29, 1.82) is 0 Å². The molecule has 0 radical (unpaired) electrons. The first kappa shape index (κ1) is 16.1. The van der Waals surface area contributed by atoms with Crippen LogP contribution in [0.5, 0.6) is 0 Å². The highest BCUT2D eigenvalue weighted by Gasteiger charge is 2.12. The summed E-state index contributed by atoms with van der Waals surface area (Å²) in [5.41, 5.74) is 1.20. The molecule has 1 heterocycles. The average molecular weight is 326 g/mol. The molecular formula is C14H18N2O3S2. The fourth-order valence-corrected chi connectivity index (χ4v) is 2.84. The zero-order valence-corrected chi connectivity index (χ0v) is 13.6. The van der Waals surface area contributed by atoms with Gasteiger partial charge in [0, 0.05) is 23.6 Å². The molecule has 0 unspecified atom stereocenters. The van der Waals surface area contributed by atoms with Gasteiger partial charge < -0.3 is 19.8 Å². The number of H-pyrrole nitrogens is 1. The number of aliphatic hydroxyl groups is 1. The third-order valence-corrected chi connectivity index (χ3v) is 4.26. The van der Waals surface area contributed by atoms with Gasteiger partial charge in [-0.05, 0) is 44.3 Å². The van der Waals surface area contributed by atoms with Crippen LogP contribution in [0.2, 0.25) is 0 Å². The highest BCUT2D eigenvalue weighted by molar-refractivity contribution is 7.99. The number of carbonyl (C=O) groups is 1. The van der Waals surface area contributed by atoms with Crippen LogP contribution in [-0.4, -0.2) is 39.6 Å². The van der Waals surface area contributed by atoms with Crippen molar-refractivity contribution >= 4 is 41.0 Å². The van der Waals surface area contributed by atoms with Crippen LogP contribution in [0.15, 0.2) is 22.6 Å². The summed E-state index contributed by atoms with van der Waals surface area (Å²) in [6.07, 6.45) is 0. The van der Waals surface area contributed by atoms with E-state index < -0.39 is 5.60 Å². The first-order chi connectivity index (χ1) is 9.85. The molecule has 0 aliphatic rings. The van der Waals surface area contributed by atoms with Gasteiger partial charge in [0.2, 0.25) is 0 Å². The number of benzene rings is 1. The van der Waals surface area contributed by atoms with Gasteiger partial charge in [-0.2, -0.15) is 11.8 Å². The van der Waals surface area contributed by atoms with Crippen LogP contribution in [0.25, 0.3) is 11.1 Å². The van der Waals surface area contributed by atoms with Crippen molar-refractivity contribution in [2.45, 2.75) is 19.4 Å². The van der Waals surface area contributed by atoms with E-state index in [1.165, 1.54) is 0 Å². The van der Waals surface area contributed by atoms with Gasteiger partial charge in [0.1, 0.15) is 0 Å². The van der Waals surface area contributed by atoms with Gasteiger partial charge in [-0.15, -0.1) is 0 Å².